The Labute approximate surface area is 154 Å². The van der Waals surface area contributed by atoms with Gasteiger partial charge in [-0.15, -0.1) is 0 Å². The van der Waals surface area contributed by atoms with Gasteiger partial charge in [-0.2, -0.15) is 0 Å². The summed E-state index contributed by atoms with van der Waals surface area (Å²) in [6.45, 7) is 3.22. The summed E-state index contributed by atoms with van der Waals surface area (Å²) in [7, 11) is 0. The molecule has 0 saturated carbocycles. The number of hydrogen-bond acceptors (Lipinski definition) is 7. The fourth-order valence-corrected chi connectivity index (χ4v) is 2.86. The summed E-state index contributed by atoms with van der Waals surface area (Å²) in [5.74, 6) is -1.64. The van der Waals surface area contributed by atoms with E-state index in [2.05, 4.69) is 0 Å². The smallest absolute Gasteiger partial charge is 0.238 e. The Kier molecular flexibility index (Phi) is 4.49. The van der Waals surface area contributed by atoms with Gasteiger partial charge in [-0.25, -0.2) is 0 Å². The number of rotatable bonds is 4. The van der Waals surface area contributed by atoms with E-state index in [0.29, 0.717) is 5.56 Å². The fourth-order valence-electron chi connectivity index (χ4n) is 2.86. The maximum absolute atomic E-state index is 12.6. The molecule has 1 aromatic heterocycles. The van der Waals surface area contributed by atoms with Crippen molar-refractivity contribution >= 4 is 11.0 Å². The lowest BCUT2D eigenvalue weighted by Crippen LogP contribution is -2.19. The molecule has 0 spiro atoms. The lowest BCUT2D eigenvalue weighted by atomic mass is 9.96. The maximum atomic E-state index is 12.6. The Morgan fingerprint density at radius 3 is 2.22 bits per heavy atom. The second-order valence-corrected chi connectivity index (χ2v) is 7.07. The largest absolute Gasteiger partial charge is 0.508 e. The minimum atomic E-state index is -1.02. The fraction of sp³-hybridized carbons (Fsp3) is 0.250. The van der Waals surface area contributed by atoms with Crippen LogP contribution in [0.25, 0.3) is 22.3 Å². The second kappa shape index (κ2) is 6.51. The quantitative estimate of drug-likeness (QED) is 0.476. The molecule has 7 heteroatoms. The van der Waals surface area contributed by atoms with E-state index >= 15 is 0 Å². The van der Waals surface area contributed by atoms with Gasteiger partial charge in [0.1, 0.15) is 28.2 Å². The van der Waals surface area contributed by atoms with E-state index in [9.17, 15) is 30.3 Å². The van der Waals surface area contributed by atoms with Crippen molar-refractivity contribution in [2.24, 2.45) is 0 Å². The average molecular weight is 372 g/mol. The maximum Gasteiger partial charge on any atom is 0.238 e. The van der Waals surface area contributed by atoms with Gasteiger partial charge in [-0.3, -0.25) is 4.79 Å². The van der Waals surface area contributed by atoms with Crippen LogP contribution in [-0.2, 0) is 6.42 Å². The summed E-state index contributed by atoms with van der Waals surface area (Å²) in [4.78, 5) is 12.6. The van der Waals surface area contributed by atoms with Gasteiger partial charge in [0.2, 0.25) is 11.2 Å². The highest BCUT2D eigenvalue weighted by molar-refractivity contribution is 5.91. The molecular formula is C20H20O7. The zero-order valence-corrected chi connectivity index (χ0v) is 14.9. The zero-order valence-electron chi connectivity index (χ0n) is 14.9. The van der Waals surface area contributed by atoms with Crippen LogP contribution in [0.1, 0.15) is 25.8 Å². The van der Waals surface area contributed by atoms with Crippen molar-refractivity contribution < 1.29 is 29.9 Å². The second-order valence-electron chi connectivity index (χ2n) is 7.07. The van der Waals surface area contributed by atoms with Crippen LogP contribution in [0.5, 0.6) is 23.0 Å². The summed E-state index contributed by atoms with van der Waals surface area (Å²) in [6.07, 6.45) is 0.439. The standard InChI is InChI=1S/C20H20O7/c1-20(2,26)8-7-12-13(22)9-14(23)15-16(24)17(25)18(27-19(12)15)10-3-5-11(21)6-4-10/h3-6,9,21-23,25-26H,7-8H2,1-2H3. The van der Waals surface area contributed by atoms with Crippen LogP contribution in [0.2, 0.25) is 0 Å². The first kappa shape index (κ1) is 18.6. The summed E-state index contributed by atoms with van der Waals surface area (Å²) in [5, 5.41) is 49.8. The van der Waals surface area contributed by atoms with E-state index in [1.807, 2.05) is 0 Å². The van der Waals surface area contributed by atoms with Gasteiger partial charge in [0.25, 0.3) is 0 Å². The van der Waals surface area contributed by atoms with Gasteiger partial charge in [-0.1, -0.05) is 0 Å². The number of hydrogen-bond donors (Lipinski definition) is 5. The molecule has 142 valence electrons. The number of phenolic OH excluding ortho intramolecular Hbond substituents is 3. The highest BCUT2D eigenvalue weighted by atomic mass is 16.4. The highest BCUT2D eigenvalue weighted by Crippen LogP contribution is 2.39. The lowest BCUT2D eigenvalue weighted by Gasteiger charge is -2.18. The number of aryl methyl sites for hydroxylation is 1. The minimum absolute atomic E-state index is 0.00234. The van der Waals surface area contributed by atoms with Crippen molar-refractivity contribution in [3.8, 4) is 34.3 Å². The molecule has 0 unspecified atom stereocenters. The van der Waals surface area contributed by atoms with Crippen molar-refractivity contribution in [3.63, 3.8) is 0 Å². The lowest BCUT2D eigenvalue weighted by molar-refractivity contribution is 0.0713. The molecule has 27 heavy (non-hydrogen) atoms. The molecule has 0 fully saturated rings. The number of aliphatic hydroxyl groups is 1. The molecule has 0 radical (unpaired) electrons. The Hall–Kier alpha value is -3.19. The number of fused-ring (bicyclic) bond motifs is 1. The minimum Gasteiger partial charge on any atom is -0.508 e. The van der Waals surface area contributed by atoms with Crippen molar-refractivity contribution in [1.82, 2.24) is 0 Å². The molecule has 0 amide bonds. The first-order chi connectivity index (χ1) is 12.6. The molecule has 3 aromatic rings. The molecular weight excluding hydrogens is 352 g/mol. The van der Waals surface area contributed by atoms with Gasteiger partial charge in [0.15, 0.2) is 5.76 Å². The molecule has 0 bridgehead atoms. The number of benzene rings is 2. The first-order valence-electron chi connectivity index (χ1n) is 8.34. The average Bonchev–Trinajstić information content (AvgIpc) is 2.57. The summed E-state index contributed by atoms with van der Waals surface area (Å²) in [6, 6.07) is 6.66. The van der Waals surface area contributed by atoms with Gasteiger partial charge in [-0.05, 0) is 51.0 Å². The van der Waals surface area contributed by atoms with E-state index < -0.39 is 22.5 Å². The Balaban J connectivity index is 2.30. The molecule has 0 atom stereocenters. The van der Waals surface area contributed by atoms with Gasteiger partial charge in [0, 0.05) is 17.2 Å². The number of aromatic hydroxyl groups is 4. The van der Waals surface area contributed by atoms with Crippen LogP contribution in [0.4, 0.5) is 0 Å². The molecule has 7 nitrogen and oxygen atoms in total. The third-order valence-corrected chi connectivity index (χ3v) is 4.32. The Morgan fingerprint density at radius 1 is 1.00 bits per heavy atom. The third-order valence-electron chi connectivity index (χ3n) is 4.32. The van der Waals surface area contributed by atoms with Crippen molar-refractivity contribution in [2.45, 2.75) is 32.3 Å². The van der Waals surface area contributed by atoms with Gasteiger partial charge in [0.05, 0.1) is 5.60 Å². The molecule has 0 aliphatic carbocycles. The van der Waals surface area contributed by atoms with E-state index in [0.717, 1.165) is 6.07 Å². The molecule has 1 heterocycles. The van der Waals surface area contributed by atoms with Crippen LogP contribution < -0.4 is 5.43 Å². The molecule has 2 aromatic carbocycles. The SMILES string of the molecule is CC(C)(O)CCc1c(O)cc(O)c2c(=O)c(O)c(-c3ccc(O)cc3)oc12. The van der Waals surface area contributed by atoms with Crippen molar-refractivity contribution in [3.05, 3.63) is 46.1 Å². The van der Waals surface area contributed by atoms with Crippen LogP contribution in [0.3, 0.4) is 0 Å². The van der Waals surface area contributed by atoms with Crippen LogP contribution in [0, 0.1) is 0 Å². The molecule has 0 saturated heterocycles. The summed E-state index contributed by atoms with van der Waals surface area (Å²) >= 11 is 0. The van der Waals surface area contributed by atoms with Crippen LogP contribution in [-0.4, -0.2) is 31.1 Å². The molecule has 0 aliphatic rings. The van der Waals surface area contributed by atoms with E-state index in [1.54, 1.807) is 13.8 Å². The normalized spacial score (nSPS) is 11.8. The first-order valence-corrected chi connectivity index (χ1v) is 8.34. The van der Waals surface area contributed by atoms with E-state index in [1.165, 1.54) is 24.3 Å². The van der Waals surface area contributed by atoms with Crippen LogP contribution >= 0.6 is 0 Å². The van der Waals surface area contributed by atoms with E-state index in [-0.39, 0.29) is 46.6 Å². The molecule has 0 aliphatic heterocycles. The third kappa shape index (κ3) is 3.54. The summed E-state index contributed by atoms with van der Waals surface area (Å²) < 4.78 is 5.72. The predicted molar refractivity (Wildman–Crippen MR) is 99.2 cm³/mol. The van der Waals surface area contributed by atoms with Gasteiger partial charge < -0.3 is 29.9 Å². The summed E-state index contributed by atoms with van der Waals surface area (Å²) in [5.41, 5.74) is -1.36. The molecule has 5 N–H and O–H groups in total. The predicted octanol–water partition coefficient (Wildman–Crippen LogP) is 2.99. The topological polar surface area (TPSA) is 131 Å². The van der Waals surface area contributed by atoms with Crippen molar-refractivity contribution in [1.29, 1.82) is 0 Å². The van der Waals surface area contributed by atoms with E-state index in [4.69, 9.17) is 4.42 Å². The number of phenols is 3. The monoisotopic (exact) mass is 372 g/mol. The highest BCUT2D eigenvalue weighted by Gasteiger charge is 2.24. The Morgan fingerprint density at radius 2 is 1.63 bits per heavy atom. The molecule has 3 rings (SSSR count). The Bertz CT molecular complexity index is 1060. The zero-order chi connectivity index (χ0) is 19.9. The van der Waals surface area contributed by atoms with Crippen molar-refractivity contribution in [2.75, 3.05) is 0 Å². The van der Waals surface area contributed by atoms with Gasteiger partial charge >= 0.3 is 0 Å². The van der Waals surface area contributed by atoms with Crippen LogP contribution in [0.15, 0.2) is 39.5 Å².